The van der Waals surface area contributed by atoms with Crippen molar-refractivity contribution in [3.8, 4) is 0 Å². The number of benzene rings is 1. The molecular formula is C12H15NOS. The summed E-state index contributed by atoms with van der Waals surface area (Å²) in [5.41, 5.74) is 1.04. The van der Waals surface area contributed by atoms with E-state index in [4.69, 9.17) is 0 Å². The van der Waals surface area contributed by atoms with Gasteiger partial charge in [0.1, 0.15) is 0 Å². The lowest BCUT2D eigenvalue weighted by molar-refractivity contribution is -0.120. The Hall–Kier alpha value is -0.960. The molecule has 1 aliphatic rings. The molecule has 1 fully saturated rings. The lowest BCUT2D eigenvalue weighted by Gasteiger charge is -2.04. The Kier molecular flexibility index (Phi) is 3.31. The van der Waals surface area contributed by atoms with Gasteiger partial charge in [-0.05, 0) is 36.5 Å². The summed E-state index contributed by atoms with van der Waals surface area (Å²) in [7, 11) is 0. The molecule has 2 rings (SSSR count). The predicted molar refractivity (Wildman–Crippen MR) is 63.1 cm³/mol. The molecule has 0 atom stereocenters. The first-order valence-corrected chi connectivity index (χ1v) is 5.73. The van der Waals surface area contributed by atoms with Crippen LogP contribution >= 0.6 is 12.6 Å². The first-order chi connectivity index (χ1) is 7.24. The molecule has 80 valence electrons. The van der Waals surface area contributed by atoms with Crippen LogP contribution in [-0.4, -0.2) is 12.5 Å². The van der Waals surface area contributed by atoms with E-state index in [2.05, 4.69) is 17.9 Å². The molecule has 1 aliphatic carbocycles. The normalized spacial score (nSPS) is 15.0. The number of carbonyl (C=O) groups excluding carboxylic acids is 1. The van der Waals surface area contributed by atoms with Crippen LogP contribution in [-0.2, 0) is 11.2 Å². The third-order valence-corrected chi connectivity index (χ3v) is 2.88. The standard InChI is InChI=1S/C12H15NOS/c14-12(13-8-10-1-2-10)7-9-3-5-11(15)6-4-9/h3-6,10,15H,1-2,7-8H2,(H,13,14). The summed E-state index contributed by atoms with van der Waals surface area (Å²) in [4.78, 5) is 12.4. The topological polar surface area (TPSA) is 29.1 Å². The Morgan fingerprint density at radius 1 is 1.33 bits per heavy atom. The fraction of sp³-hybridized carbons (Fsp3) is 0.417. The summed E-state index contributed by atoms with van der Waals surface area (Å²) < 4.78 is 0. The highest BCUT2D eigenvalue weighted by Gasteiger charge is 2.21. The Balaban J connectivity index is 1.79. The van der Waals surface area contributed by atoms with E-state index in [0.717, 1.165) is 22.9 Å². The molecule has 0 bridgehead atoms. The van der Waals surface area contributed by atoms with Crippen molar-refractivity contribution in [3.05, 3.63) is 29.8 Å². The number of hydrogen-bond acceptors (Lipinski definition) is 2. The van der Waals surface area contributed by atoms with E-state index in [9.17, 15) is 4.79 Å². The molecular weight excluding hydrogens is 206 g/mol. The maximum Gasteiger partial charge on any atom is 0.224 e. The van der Waals surface area contributed by atoms with Gasteiger partial charge in [-0.1, -0.05) is 12.1 Å². The van der Waals surface area contributed by atoms with Crippen LogP contribution in [0.25, 0.3) is 0 Å². The van der Waals surface area contributed by atoms with Crippen molar-refractivity contribution in [2.45, 2.75) is 24.2 Å². The van der Waals surface area contributed by atoms with Gasteiger partial charge in [0.05, 0.1) is 6.42 Å². The zero-order valence-corrected chi connectivity index (χ0v) is 9.47. The predicted octanol–water partition coefficient (Wildman–Crippen LogP) is 2.04. The minimum atomic E-state index is 0.119. The van der Waals surface area contributed by atoms with Crippen LogP contribution in [0.5, 0.6) is 0 Å². The fourth-order valence-corrected chi connectivity index (χ4v) is 1.59. The second kappa shape index (κ2) is 4.71. The van der Waals surface area contributed by atoms with Gasteiger partial charge in [-0.15, -0.1) is 12.6 Å². The van der Waals surface area contributed by atoms with Gasteiger partial charge in [-0.25, -0.2) is 0 Å². The zero-order chi connectivity index (χ0) is 10.7. The first-order valence-electron chi connectivity index (χ1n) is 5.28. The number of carbonyl (C=O) groups is 1. The molecule has 1 N–H and O–H groups in total. The molecule has 0 unspecified atom stereocenters. The summed E-state index contributed by atoms with van der Waals surface area (Å²) in [6.07, 6.45) is 3.02. The van der Waals surface area contributed by atoms with Gasteiger partial charge in [0.15, 0.2) is 0 Å². The van der Waals surface area contributed by atoms with Gasteiger partial charge >= 0.3 is 0 Å². The van der Waals surface area contributed by atoms with Gasteiger partial charge in [-0.2, -0.15) is 0 Å². The fourth-order valence-electron chi connectivity index (χ4n) is 1.44. The Morgan fingerprint density at radius 2 is 2.00 bits per heavy atom. The summed E-state index contributed by atoms with van der Waals surface area (Å²) in [5.74, 6) is 0.864. The average molecular weight is 221 g/mol. The van der Waals surface area contributed by atoms with Gasteiger partial charge in [-0.3, -0.25) is 4.79 Å². The molecule has 15 heavy (non-hydrogen) atoms. The Bertz CT molecular complexity index is 343. The molecule has 0 spiro atoms. The van der Waals surface area contributed by atoms with Crippen LogP contribution in [0.3, 0.4) is 0 Å². The number of thiol groups is 1. The quantitative estimate of drug-likeness (QED) is 0.749. The van der Waals surface area contributed by atoms with Crippen LogP contribution in [0.15, 0.2) is 29.2 Å². The van der Waals surface area contributed by atoms with Crippen LogP contribution in [0, 0.1) is 5.92 Å². The monoisotopic (exact) mass is 221 g/mol. The Morgan fingerprint density at radius 3 is 2.60 bits per heavy atom. The summed E-state index contributed by atoms with van der Waals surface area (Å²) in [5, 5.41) is 2.95. The van der Waals surface area contributed by atoms with E-state index in [1.54, 1.807) is 0 Å². The second-order valence-corrected chi connectivity index (χ2v) is 4.61. The third kappa shape index (κ3) is 3.59. The van der Waals surface area contributed by atoms with Crippen molar-refractivity contribution >= 4 is 18.5 Å². The van der Waals surface area contributed by atoms with Crippen molar-refractivity contribution in [3.63, 3.8) is 0 Å². The molecule has 1 saturated carbocycles. The van der Waals surface area contributed by atoms with Gasteiger partial charge in [0.25, 0.3) is 0 Å². The van der Waals surface area contributed by atoms with Crippen molar-refractivity contribution in [2.75, 3.05) is 6.54 Å². The number of amides is 1. The maximum absolute atomic E-state index is 11.5. The van der Waals surface area contributed by atoms with Gasteiger partial charge < -0.3 is 5.32 Å². The van der Waals surface area contributed by atoms with Gasteiger partial charge in [0.2, 0.25) is 5.91 Å². The molecule has 1 aromatic rings. The molecule has 0 aromatic heterocycles. The average Bonchev–Trinajstić information content (AvgIpc) is 3.02. The highest BCUT2D eigenvalue weighted by Crippen LogP contribution is 2.27. The largest absolute Gasteiger partial charge is 0.356 e. The lowest BCUT2D eigenvalue weighted by Crippen LogP contribution is -2.27. The van der Waals surface area contributed by atoms with E-state index in [-0.39, 0.29) is 5.91 Å². The van der Waals surface area contributed by atoms with Crippen molar-refractivity contribution in [1.82, 2.24) is 5.32 Å². The van der Waals surface area contributed by atoms with E-state index >= 15 is 0 Å². The van der Waals surface area contributed by atoms with E-state index in [0.29, 0.717) is 6.42 Å². The summed E-state index contributed by atoms with van der Waals surface area (Å²) in [6.45, 7) is 0.851. The zero-order valence-electron chi connectivity index (χ0n) is 8.57. The van der Waals surface area contributed by atoms with Crippen LogP contribution in [0.2, 0.25) is 0 Å². The minimum absolute atomic E-state index is 0.119. The SMILES string of the molecule is O=C(Cc1ccc(S)cc1)NCC1CC1. The highest BCUT2D eigenvalue weighted by atomic mass is 32.1. The molecule has 1 amide bonds. The second-order valence-electron chi connectivity index (χ2n) is 4.09. The van der Waals surface area contributed by atoms with Crippen molar-refractivity contribution in [2.24, 2.45) is 5.92 Å². The van der Waals surface area contributed by atoms with Gasteiger partial charge in [0, 0.05) is 11.4 Å². The van der Waals surface area contributed by atoms with Crippen LogP contribution in [0.4, 0.5) is 0 Å². The smallest absolute Gasteiger partial charge is 0.224 e. The van der Waals surface area contributed by atoms with Crippen LogP contribution in [0.1, 0.15) is 18.4 Å². The molecule has 0 radical (unpaired) electrons. The number of rotatable bonds is 4. The third-order valence-electron chi connectivity index (χ3n) is 2.59. The summed E-state index contributed by atoms with van der Waals surface area (Å²) in [6, 6.07) is 7.71. The molecule has 2 nitrogen and oxygen atoms in total. The minimum Gasteiger partial charge on any atom is -0.356 e. The lowest BCUT2D eigenvalue weighted by atomic mass is 10.1. The van der Waals surface area contributed by atoms with Crippen molar-refractivity contribution in [1.29, 1.82) is 0 Å². The molecule has 0 heterocycles. The summed E-state index contributed by atoms with van der Waals surface area (Å²) >= 11 is 4.20. The Labute approximate surface area is 95.5 Å². The number of nitrogens with one attached hydrogen (secondary N) is 1. The molecule has 0 aliphatic heterocycles. The molecule has 1 aromatic carbocycles. The number of hydrogen-bond donors (Lipinski definition) is 2. The molecule has 0 saturated heterocycles. The first kappa shape index (κ1) is 10.6. The highest BCUT2D eigenvalue weighted by molar-refractivity contribution is 7.80. The van der Waals surface area contributed by atoms with E-state index < -0.39 is 0 Å². The van der Waals surface area contributed by atoms with E-state index in [1.807, 2.05) is 24.3 Å². The van der Waals surface area contributed by atoms with E-state index in [1.165, 1.54) is 12.8 Å². The van der Waals surface area contributed by atoms with Crippen molar-refractivity contribution < 1.29 is 4.79 Å². The maximum atomic E-state index is 11.5. The molecule has 3 heteroatoms. The van der Waals surface area contributed by atoms with Crippen LogP contribution < -0.4 is 5.32 Å².